The Morgan fingerprint density at radius 3 is 2.22 bits per heavy atom. The summed E-state index contributed by atoms with van der Waals surface area (Å²) in [7, 11) is 0. The molecule has 2 aromatic carbocycles. The molecule has 2 aromatic rings. The normalized spacial score (nSPS) is 11.3. The van der Waals surface area contributed by atoms with Crippen molar-refractivity contribution in [3.8, 4) is 5.75 Å². The standard InChI is InChI=1S/C19H21BrO3/c1-19(2,3)15-8-9-17(16(20)11-15)23-12-14-6-4-13(5-7-14)10-18(21)22/h4-9,11H,10,12H2,1-3H3,(H,21,22). The van der Waals surface area contributed by atoms with Gasteiger partial charge in [-0.05, 0) is 50.2 Å². The first-order valence-corrected chi connectivity index (χ1v) is 8.27. The number of ether oxygens (including phenoxy) is 1. The van der Waals surface area contributed by atoms with Gasteiger partial charge in [-0.15, -0.1) is 0 Å². The monoisotopic (exact) mass is 376 g/mol. The summed E-state index contributed by atoms with van der Waals surface area (Å²) >= 11 is 3.56. The van der Waals surface area contributed by atoms with Crippen LogP contribution in [0.3, 0.4) is 0 Å². The highest BCUT2D eigenvalue weighted by molar-refractivity contribution is 9.10. The van der Waals surface area contributed by atoms with Crippen molar-refractivity contribution >= 4 is 21.9 Å². The molecular weight excluding hydrogens is 356 g/mol. The van der Waals surface area contributed by atoms with E-state index in [0.717, 1.165) is 21.3 Å². The van der Waals surface area contributed by atoms with E-state index < -0.39 is 5.97 Å². The van der Waals surface area contributed by atoms with E-state index in [9.17, 15) is 4.79 Å². The first kappa shape index (κ1) is 17.5. The molecule has 4 heteroatoms. The van der Waals surface area contributed by atoms with Crippen LogP contribution in [0.4, 0.5) is 0 Å². The van der Waals surface area contributed by atoms with Gasteiger partial charge in [-0.1, -0.05) is 51.1 Å². The molecule has 2 rings (SSSR count). The van der Waals surface area contributed by atoms with Gasteiger partial charge in [0.15, 0.2) is 0 Å². The molecule has 0 fully saturated rings. The Bertz CT molecular complexity index is 685. The number of aliphatic carboxylic acids is 1. The second-order valence-electron chi connectivity index (χ2n) is 6.57. The summed E-state index contributed by atoms with van der Waals surface area (Å²) in [5.74, 6) is -0.0236. The largest absolute Gasteiger partial charge is 0.488 e. The molecule has 0 atom stereocenters. The third-order valence-corrected chi connectivity index (χ3v) is 4.19. The smallest absolute Gasteiger partial charge is 0.307 e. The summed E-state index contributed by atoms with van der Waals surface area (Å²) < 4.78 is 6.79. The van der Waals surface area contributed by atoms with Crippen molar-refractivity contribution in [2.24, 2.45) is 0 Å². The Morgan fingerprint density at radius 1 is 1.09 bits per heavy atom. The molecule has 1 N–H and O–H groups in total. The molecule has 0 aliphatic rings. The molecule has 0 bridgehead atoms. The van der Waals surface area contributed by atoms with Crippen molar-refractivity contribution in [1.29, 1.82) is 0 Å². The molecule has 0 saturated carbocycles. The Balaban J connectivity index is 2.02. The maximum absolute atomic E-state index is 10.7. The van der Waals surface area contributed by atoms with E-state index in [0.29, 0.717) is 6.61 Å². The van der Waals surface area contributed by atoms with Crippen LogP contribution in [0.5, 0.6) is 5.75 Å². The number of carboxylic acids is 1. The number of hydrogen-bond acceptors (Lipinski definition) is 2. The van der Waals surface area contributed by atoms with Crippen LogP contribution in [-0.2, 0) is 23.2 Å². The number of rotatable bonds is 5. The van der Waals surface area contributed by atoms with Gasteiger partial charge in [0.2, 0.25) is 0 Å². The predicted molar refractivity (Wildman–Crippen MR) is 95.0 cm³/mol. The fraction of sp³-hybridized carbons (Fsp3) is 0.316. The highest BCUT2D eigenvalue weighted by Crippen LogP contribution is 2.31. The molecule has 0 amide bonds. The molecule has 3 nitrogen and oxygen atoms in total. The van der Waals surface area contributed by atoms with E-state index in [4.69, 9.17) is 9.84 Å². The van der Waals surface area contributed by atoms with Crippen molar-refractivity contribution in [3.63, 3.8) is 0 Å². The quantitative estimate of drug-likeness (QED) is 0.802. The number of halogens is 1. The Hall–Kier alpha value is -1.81. The summed E-state index contributed by atoms with van der Waals surface area (Å²) in [4.78, 5) is 10.7. The van der Waals surface area contributed by atoms with E-state index in [1.165, 1.54) is 5.56 Å². The van der Waals surface area contributed by atoms with Crippen LogP contribution < -0.4 is 4.74 Å². The van der Waals surface area contributed by atoms with Gasteiger partial charge in [-0.3, -0.25) is 4.79 Å². The van der Waals surface area contributed by atoms with E-state index in [1.54, 1.807) is 0 Å². The molecule has 0 aliphatic heterocycles. The molecule has 0 radical (unpaired) electrons. The molecule has 0 unspecified atom stereocenters. The van der Waals surface area contributed by atoms with Gasteiger partial charge < -0.3 is 9.84 Å². The Morgan fingerprint density at radius 2 is 1.70 bits per heavy atom. The highest BCUT2D eigenvalue weighted by atomic mass is 79.9. The molecular formula is C19H21BrO3. The lowest BCUT2D eigenvalue weighted by Crippen LogP contribution is -2.11. The SMILES string of the molecule is CC(C)(C)c1ccc(OCc2ccc(CC(=O)O)cc2)c(Br)c1. The van der Waals surface area contributed by atoms with Gasteiger partial charge in [0.25, 0.3) is 0 Å². The van der Waals surface area contributed by atoms with Gasteiger partial charge in [0, 0.05) is 0 Å². The second kappa shape index (κ2) is 7.18. The summed E-state index contributed by atoms with van der Waals surface area (Å²) in [5.41, 5.74) is 3.14. The minimum atomic E-state index is -0.822. The molecule has 122 valence electrons. The summed E-state index contributed by atoms with van der Waals surface area (Å²) in [6.45, 7) is 6.97. The van der Waals surface area contributed by atoms with Crippen molar-refractivity contribution in [2.75, 3.05) is 0 Å². The molecule has 23 heavy (non-hydrogen) atoms. The summed E-state index contributed by atoms with van der Waals surface area (Å²) in [6, 6.07) is 13.6. The van der Waals surface area contributed by atoms with Crippen LogP contribution in [-0.4, -0.2) is 11.1 Å². The number of benzene rings is 2. The van der Waals surface area contributed by atoms with E-state index in [2.05, 4.69) is 48.8 Å². The molecule has 0 saturated heterocycles. The number of carbonyl (C=O) groups is 1. The topological polar surface area (TPSA) is 46.5 Å². The van der Waals surface area contributed by atoms with Gasteiger partial charge in [0.1, 0.15) is 12.4 Å². The van der Waals surface area contributed by atoms with Crippen LogP contribution in [0, 0.1) is 0 Å². The first-order valence-electron chi connectivity index (χ1n) is 7.48. The lowest BCUT2D eigenvalue weighted by Gasteiger charge is -2.20. The maximum Gasteiger partial charge on any atom is 0.307 e. The summed E-state index contributed by atoms with van der Waals surface area (Å²) in [5, 5.41) is 8.77. The number of hydrogen-bond donors (Lipinski definition) is 1. The Kier molecular flexibility index (Phi) is 5.47. The van der Waals surface area contributed by atoms with Gasteiger partial charge >= 0.3 is 5.97 Å². The highest BCUT2D eigenvalue weighted by Gasteiger charge is 2.15. The Labute approximate surface area is 145 Å². The van der Waals surface area contributed by atoms with Crippen molar-refractivity contribution < 1.29 is 14.6 Å². The van der Waals surface area contributed by atoms with Crippen molar-refractivity contribution in [1.82, 2.24) is 0 Å². The minimum absolute atomic E-state index is 0.0426. The van der Waals surface area contributed by atoms with Crippen LogP contribution in [0.1, 0.15) is 37.5 Å². The van der Waals surface area contributed by atoms with Gasteiger partial charge in [-0.25, -0.2) is 0 Å². The third-order valence-electron chi connectivity index (χ3n) is 3.57. The maximum atomic E-state index is 10.7. The molecule has 0 aromatic heterocycles. The summed E-state index contributed by atoms with van der Waals surface area (Å²) in [6.07, 6.45) is 0.0426. The fourth-order valence-electron chi connectivity index (χ4n) is 2.17. The van der Waals surface area contributed by atoms with E-state index >= 15 is 0 Å². The minimum Gasteiger partial charge on any atom is -0.488 e. The second-order valence-corrected chi connectivity index (χ2v) is 7.43. The third kappa shape index (κ3) is 5.10. The van der Waals surface area contributed by atoms with Crippen LogP contribution in [0.15, 0.2) is 46.9 Å². The lowest BCUT2D eigenvalue weighted by molar-refractivity contribution is -0.136. The molecule has 0 heterocycles. The average Bonchev–Trinajstić information content (AvgIpc) is 2.46. The number of carboxylic acid groups (broad SMARTS) is 1. The fourth-order valence-corrected chi connectivity index (χ4v) is 2.67. The van der Waals surface area contributed by atoms with Gasteiger partial charge in [0.05, 0.1) is 10.9 Å². The average molecular weight is 377 g/mol. The van der Waals surface area contributed by atoms with Crippen LogP contribution in [0.2, 0.25) is 0 Å². The van der Waals surface area contributed by atoms with Crippen LogP contribution >= 0.6 is 15.9 Å². The van der Waals surface area contributed by atoms with Gasteiger partial charge in [-0.2, -0.15) is 0 Å². The molecule has 0 spiro atoms. The van der Waals surface area contributed by atoms with E-state index in [-0.39, 0.29) is 11.8 Å². The predicted octanol–water partition coefficient (Wildman–Crippen LogP) is 4.95. The zero-order chi connectivity index (χ0) is 17.0. The van der Waals surface area contributed by atoms with Crippen molar-refractivity contribution in [2.45, 2.75) is 39.2 Å². The molecule has 0 aliphatic carbocycles. The lowest BCUT2D eigenvalue weighted by atomic mass is 9.87. The van der Waals surface area contributed by atoms with E-state index in [1.807, 2.05) is 30.3 Å². The first-order chi connectivity index (χ1) is 10.8. The zero-order valence-electron chi connectivity index (χ0n) is 13.6. The van der Waals surface area contributed by atoms with Crippen molar-refractivity contribution in [3.05, 3.63) is 63.6 Å². The van der Waals surface area contributed by atoms with Crippen LogP contribution in [0.25, 0.3) is 0 Å². The zero-order valence-corrected chi connectivity index (χ0v) is 15.2.